The van der Waals surface area contributed by atoms with Crippen molar-refractivity contribution >= 4 is 8.32 Å². The van der Waals surface area contributed by atoms with Crippen molar-refractivity contribution in [3.05, 3.63) is 24.0 Å². The van der Waals surface area contributed by atoms with E-state index in [0.717, 1.165) is 25.0 Å². The minimum absolute atomic E-state index is 0.0562. The number of hydrogen-bond acceptors (Lipinski definition) is 5. The summed E-state index contributed by atoms with van der Waals surface area (Å²) in [5, 5.41) is 0.0562. The first-order valence-electron chi connectivity index (χ1n) is 10.4. The Morgan fingerprint density at radius 1 is 1.10 bits per heavy atom. The molecule has 0 saturated heterocycles. The van der Waals surface area contributed by atoms with Gasteiger partial charge >= 0.3 is 0 Å². The zero-order valence-corrected chi connectivity index (χ0v) is 20.7. The Bertz CT molecular complexity index is 697. The molecule has 0 aromatic heterocycles. The highest BCUT2D eigenvalue weighted by Gasteiger charge is 2.47. The van der Waals surface area contributed by atoms with Gasteiger partial charge in [-0.25, -0.2) is 0 Å². The molecule has 0 saturated carbocycles. The maximum absolute atomic E-state index is 6.87. The fourth-order valence-corrected chi connectivity index (χ4v) is 4.04. The van der Waals surface area contributed by atoms with Gasteiger partial charge in [0.2, 0.25) is 0 Å². The van der Waals surface area contributed by atoms with Gasteiger partial charge in [0.25, 0.3) is 0 Å². The van der Waals surface area contributed by atoms with Crippen molar-refractivity contribution in [2.24, 2.45) is 0 Å². The van der Waals surface area contributed by atoms with Crippen LogP contribution in [0.1, 0.15) is 40.0 Å². The summed E-state index contributed by atoms with van der Waals surface area (Å²) in [6, 6.07) is 0. The summed E-state index contributed by atoms with van der Waals surface area (Å²) in [5.74, 6) is 13.0. The van der Waals surface area contributed by atoms with Gasteiger partial charge in [0.1, 0.15) is 12.4 Å². The SMILES string of the molecule is COCC#C/C=C\C#CC1(O[Si](C)(C)C(C)(C)C)CCCC=C1OCOCCOC. The Balaban J connectivity index is 3.11. The summed E-state index contributed by atoms with van der Waals surface area (Å²) in [7, 11) is 1.16. The Labute approximate surface area is 184 Å². The third-order valence-corrected chi connectivity index (χ3v) is 9.74. The summed E-state index contributed by atoms with van der Waals surface area (Å²) < 4.78 is 28.4. The van der Waals surface area contributed by atoms with Gasteiger partial charge in [-0.05, 0) is 55.6 Å². The molecule has 0 aromatic rings. The lowest BCUT2D eigenvalue weighted by Crippen LogP contribution is -2.51. The zero-order chi connectivity index (χ0) is 22.5. The zero-order valence-electron chi connectivity index (χ0n) is 19.7. The summed E-state index contributed by atoms with van der Waals surface area (Å²) >= 11 is 0. The van der Waals surface area contributed by atoms with Crippen molar-refractivity contribution in [3.8, 4) is 23.7 Å². The van der Waals surface area contributed by atoms with Crippen molar-refractivity contribution in [1.82, 2.24) is 0 Å². The summed E-state index contributed by atoms with van der Waals surface area (Å²) in [5.41, 5.74) is -0.768. The van der Waals surface area contributed by atoms with Crippen LogP contribution in [-0.4, -0.2) is 54.8 Å². The maximum Gasteiger partial charge on any atom is 0.194 e. The van der Waals surface area contributed by atoms with E-state index in [1.165, 1.54) is 0 Å². The van der Waals surface area contributed by atoms with Gasteiger partial charge in [0.15, 0.2) is 20.7 Å². The molecule has 0 radical (unpaired) electrons. The first-order valence-corrected chi connectivity index (χ1v) is 13.3. The van der Waals surface area contributed by atoms with Crippen LogP contribution in [0.4, 0.5) is 0 Å². The Morgan fingerprint density at radius 3 is 2.50 bits per heavy atom. The molecule has 0 fully saturated rings. The summed E-state index contributed by atoms with van der Waals surface area (Å²) in [6.07, 6.45) is 8.30. The third-order valence-electron chi connectivity index (χ3n) is 5.27. The molecule has 1 rings (SSSR count). The van der Waals surface area contributed by atoms with Crippen LogP contribution >= 0.6 is 0 Å². The molecular weight excluding hydrogens is 396 g/mol. The highest BCUT2D eigenvalue weighted by atomic mass is 28.4. The van der Waals surface area contributed by atoms with Crippen LogP contribution in [-0.2, 0) is 23.4 Å². The number of allylic oxidation sites excluding steroid dienone is 3. The fraction of sp³-hybridized carbons (Fsp3) is 0.667. The van der Waals surface area contributed by atoms with Gasteiger partial charge in [-0.3, -0.25) is 0 Å². The molecule has 1 unspecified atom stereocenters. The van der Waals surface area contributed by atoms with Crippen molar-refractivity contribution in [3.63, 3.8) is 0 Å². The predicted molar refractivity (Wildman–Crippen MR) is 123 cm³/mol. The standard InChI is InChI=1S/C24H38O5Si/c1-23(2,3)30(6,7)29-24(16-12-9-8-10-14-18-25-4)17-13-11-15-22(24)28-21-27-20-19-26-5/h8-9,15H,11,13,17-21H2,1-7H3/b9-8-. The van der Waals surface area contributed by atoms with E-state index in [1.807, 2.05) is 0 Å². The van der Waals surface area contributed by atoms with Crippen LogP contribution in [0.5, 0.6) is 0 Å². The van der Waals surface area contributed by atoms with Gasteiger partial charge in [-0.1, -0.05) is 44.5 Å². The molecular formula is C24H38O5Si. The lowest BCUT2D eigenvalue weighted by atomic mass is 9.89. The maximum atomic E-state index is 6.87. The molecule has 6 heteroatoms. The smallest absolute Gasteiger partial charge is 0.194 e. The number of rotatable bonds is 9. The molecule has 1 aliphatic carbocycles. The summed E-state index contributed by atoms with van der Waals surface area (Å²) in [4.78, 5) is 0. The first kappa shape index (κ1) is 26.5. The molecule has 168 valence electrons. The van der Waals surface area contributed by atoms with Crippen LogP contribution < -0.4 is 0 Å². The normalized spacial score (nSPS) is 19.5. The second kappa shape index (κ2) is 13.0. The van der Waals surface area contributed by atoms with Crippen LogP contribution in [0.25, 0.3) is 0 Å². The molecule has 0 amide bonds. The second-order valence-corrected chi connectivity index (χ2v) is 13.4. The Hall–Kier alpha value is -1.54. The lowest BCUT2D eigenvalue weighted by molar-refractivity contribution is -0.0652. The van der Waals surface area contributed by atoms with Crippen molar-refractivity contribution in [2.75, 3.05) is 40.8 Å². The number of methoxy groups -OCH3 is 2. The topological polar surface area (TPSA) is 46.2 Å². The molecule has 30 heavy (non-hydrogen) atoms. The molecule has 0 N–H and O–H groups in total. The van der Waals surface area contributed by atoms with Gasteiger partial charge < -0.3 is 23.4 Å². The largest absolute Gasteiger partial charge is 0.468 e. The van der Waals surface area contributed by atoms with E-state index >= 15 is 0 Å². The van der Waals surface area contributed by atoms with E-state index in [9.17, 15) is 0 Å². The van der Waals surface area contributed by atoms with Gasteiger partial charge in [0, 0.05) is 14.2 Å². The van der Waals surface area contributed by atoms with E-state index in [4.69, 9.17) is 23.4 Å². The van der Waals surface area contributed by atoms with Crippen molar-refractivity contribution < 1.29 is 23.4 Å². The van der Waals surface area contributed by atoms with Crippen molar-refractivity contribution in [1.29, 1.82) is 0 Å². The van der Waals surface area contributed by atoms with E-state index in [1.54, 1.807) is 26.4 Å². The molecule has 0 aromatic carbocycles. The van der Waals surface area contributed by atoms with E-state index < -0.39 is 13.9 Å². The van der Waals surface area contributed by atoms with Gasteiger partial charge in [-0.2, -0.15) is 0 Å². The minimum Gasteiger partial charge on any atom is -0.468 e. The highest BCUT2D eigenvalue weighted by Crippen LogP contribution is 2.43. The van der Waals surface area contributed by atoms with Gasteiger partial charge in [0.05, 0.1) is 13.2 Å². The van der Waals surface area contributed by atoms with Crippen LogP contribution in [0.2, 0.25) is 18.1 Å². The first-order chi connectivity index (χ1) is 14.2. The summed E-state index contributed by atoms with van der Waals surface area (Å²) in [6.45, 7) is 12.7. The average molecular weight is 435 g/mol. The molecule has 0 aliphatic heterocycles. The van der Waals surface area contributed by atoms with E-state index in [2.05, 4.69) is 63.6 Å². The average Bonchev–Trinajstić information content (AvgIpc) is 2.67. The molecule has 0 heterocycles. The monoisotopic (exact) mass is 434 g/mol. The second-order valence-electron chi connectivity index (χ2n) is 8.67. The quantitative estimate of drug-likeness (QED) is 0.229. The van der Waals surface area contributed by atoms with Crippen LogP contribution in [0.15, 0.2) is 24.0 Å². The fourth-order valence-electron chi connectivity index (χ4n) is 2.61. The number of ether oxygens (including phenoxy) is 4. The molecule has 5 nitrogen and oxygen atoms in total. The molecule has 1 atom stereocenters. The molecule has 0 bridgehead atoms. The third kappa shape index (κ3) is 8.68. The number of hydrogen-bond donors (Lipinski definition) is 0. The molecule has 1 aliphatic rings. The molecule has 0 spiro atoms. The predicted octanol–water partition coefficient (Wildman–Crippen LogP) is 4.66. The van der Waals surface area contributed by atoms with Crippen LogP contribution in [0, 0.1) is 23.7 Å². The minimum atomic E-state index is -2.11. The van der Waals surface area contributed by atoms with E-state index in [0.29, 0.717) is 19.8 Å². The Kier molecular flexibility index (Phi) is 11.5. The van der Waals surface area contributed by atoms with Crippen LogP contribution in [0.3, 0.4) is 0 Å². The Morgan fingerprint density at radius 2 is 1.83 bits per heavy atom. The van der Waals surface area contributed by atoms with Gasteiger partial charge in [-0.15, -0.1) is 0 Å². The lowest BCUT2D eigenvalue weighted by Gasteiger charge is -2.45. The highest BCUT2D eigenvalue weighted by molar-refractivity contribution is 6.74. The van der Waals surface area contributed by atoms with Crippen molar-refractivity contribution in [2.45, 2.75) is 63.8 Å². The van der Waals surface area contributed by atoms with E-state index in [-0.39, 0.29) is 11.8 Å².